The van der Waals surface area contributed by atoms with Gasteiger partial charge in [0.2, 0.25) is 0 Å². The van der Waals surface area contributed by atoms with Crippen molar-refractivity contribution in [3.05, 3.63) is 255 Å². The minimum atomic E-state index is 0.638. The van der Waals surface area contributed by atoms with E-state index in [1.54, 1.807) is 0 Å². The standard InChI is InChI=1S/C66H42N6/c1-3-17-47(18-4-1)65-67-58-23-11-13-25-60(58)71(65)54-35-31-45(32-36-54)62-57-42-53(51-29-27-43-15-7-9-21-49(43)39-51)41-56(52-30-28-44-16-8-10-22-50(44)40-52)63(57)70-64(69-62)46-33-37-55(38-34-46)72-61-26-14-12-24-59(61)68-66(72)48-19-5-2-6-20-48/h1-42H. The molecule has 0 atom stereocenters. The number of rotatable bonds is 8. The average molecular weight is 919 g/mol. The summed E-state index contributed by atoms with van der Waals surface area (Å²) in [5.74, 6) is 2.42. The highest BCUT2D eigenvalue weighted by molar-refractivity contribution is 6.06. The number of nitrogens with zero attached hydrogens (tertiary/aromatic N) is 6. The molecule has 336 valence electrons. The first-order valence-corrected chi connectivity index (χ1v) is 24.3. The zero-order valence-corrected chi connectivity index (χ0v) is 38.9. The molecule has 0 radical (unpaired) electrons. The van der Waals surface area contributed by atoms with Gasteiger partial charge in [-0.05, 0) is 123 Å². The van der Waals surface area contributed by atoms with Crippen LogP contribution in [0.15, 0.2) is 255 Å². The number of para-hydroxylation sites is 4. The molecule has 14 aromatic rings. The first kappa shape index (κ1) is 41.2. The quantitative estimate of drug-likeness (QED) is 0.152. The van der Waals surface area contributed by atoms with Crippen LogP contribution in [-0.2, 0) is 0 Å². The lowest BCUT2D eigenvalue weighted by atomic mass is 9.92. The Morgan fingerprint density at radius 1 is 0.278 bits per heavy atom. The molecule has 0 spiro atoms. The minimum absolute atomic E-state index is 0.638. The predicted octanol–water partition coefficient (Wildman–Crippen LogP) is 16.6. The van der Waals surface area contributed by atoms with Crippen LogP contribution in [0.4, 0.5) is 0 Å². The van der Waals surface area contributed by atoms with Crippen molar-refractivity contribution in [2.24, 2.45) is 0 Å². The Hall–Kier alpha value is -9.78. The molecule has 0 saturated heterocycles. The zero-order chi connectivity index (χ0) is 47.5. The number of hydrogen-bond acceptors (Lipinski definition) is 4. The molecule has 0 aliphatic heterocycles. The van der Waals surface area contributed by atoms with Crippen molar-refractivity contribution in [2.75, 3.05) is 0 Å². The molecule has 0 bridgehead atoms. The van der Waals surface area contributed by atoms with Gasteiger partial charge >= 0.3 is 0 Å². The van der Waals surface area contributed by atoms with E-state index in [-0.39, 0.29) is 0 Å². The molecular formula is C66H42N6. The van der Waals surface area contributed by atoms with Gasteiger partial charge in [0.25, 0.3) is 0 Å². The van der Waals surface area contributed by atoms with Crippen LogP contribution < -0.4 is 0 Å². The summed E-state index contributed by atoms with van der Waals surface area (Å²) in [6.07, 6.45) is 0. The van der Waals surface area contributed by atoms with Gasteiger partial charge in [-0.15, -0.1) is 0 Å². The summed E-state index contributed by atoms with van der Waals surface area (Å²) < 4.78 is 4.49. The molecule has 6 heteroatoms. The van der Waals surface area contributed by atoms with Crippen LogP contribution in [0.25, 0.3) is 134 Å². The summed E-state index contributed by atoms with van der Waals surface area (Å²) >= 11 is 0. The molecule has 72 heavy (non-hydrogen) atoms. The third kappa shape index (κ3) is 7.12. The number of benzene rings is 11. The fourth-order valence-corrected chi connectivity index (χ4v) is 10.4. The van der Waals surface area contributed by atoms with Gasteiger partial charge in [0.05, 0.1) is 33.3 Å². The largest absolute Gasteiger partial charge is 0.292 e. The highest BCUT2D eigenvalue weighted by Crippen LogP contribution is 2.41. The van der Waals surface area contributed by atoms with Gasteiger partial charge in [0.15, 0.2) is 5.82 Å². The van der Waals surface area contributed by atoms with Crippen molar-refractivity contribution in [1.29, 1.82) is 0 Å². The molecule has 11 aromatic carbocycles. The monoisotopic (exact) mass is 918 g/mol. The molecule has 0 fully saturated rings. The Morgan fingerprint density at radius 2 is 0.736 bits per heavy atom. The molecule has 14 rings (SSSR count). The van der Waals surface area contributed by atoms with E-state index in [2.05, 4.69) is 240 Å². The van der Waals surface area contributed by atoms with E-state index >= 15 is 0 Å². The van der Waals surface area contributed by atoms with Gasteiger partial charge in [0, 0.05) is 44.6 Å². The molecule has 0 aliphatic carbocycles. The van der Waals surface area contributed by atoms with E-state index in [4.69, 9.17) is 19.9 Å². The maximum atomic E-state index is 5.58. The lowest BCUT2D eigenvalue weighted by molar-refractivity contribution is 1.10. The molecule has 3 aromatic heterocycles. The summed E-state index contributed by atoms with van der Waals surface area (Å²) in [6.45, 7) is 0. The second-order valence-electron chi connectivity index (χ2n) is 18.3. The maximum Gasteiger partial charge on any atom is 0.160 e. The van der Waals surface area contributed by atoms with Crippen molar-refractivity contribution in [3.63, 3.8) is 0 Å². The van der Waals surface area contributed by atoms with Crippen LogP contribution in [0.3, 0.4) is 0 Å². The Morgan fingerprint density at radius 3 is 1.31 bits per heavy atom. The molecule has 6 nitrogen and oxygen atoms in total. The summed E-state index contributed by atoms with van der Waals surface area (Å²) in [4.78, 5) is 21.4. The van der Waals surface area contributed by atoms with Gasteiger partial charge in [-0.25, -0.2) is 19.9 Å². The van der Waals surface area contributed by atoms with E-state index in [1.165, 1.54) is 21.5 Å². The molecule has 0 unspecified atom stereocenters. The van der Waals surface area contributed by atoms with Gasteiger partial charge in [-0.1, -0.05) is 170 Å². The first-order valence-electron chi connectivity index (χ1n) is 24.3. The first-order chi connectivity index (χ1) is 35.7. The fraction of sp³-hybridized carbons (Fsp3) is 0. The van der Waals surface area contributed by atoms with Gasteiger partial charge < -0.3 is 0 Å². The number of fused-ring (bicyclic) bond motifs is 5. The summed E-state index contributed by atoms with van der Waals surface area (Å²) in [5.41, 5.74) is 16.0. The third-order valence-electron chi connectivity index (χ3n) is 13.9. The molecule has 0 amide bonds. The minimum Gasteiger partial charge on any atom is -0.292 e. The molecule has 0 N–H and O–H groups in total. The van der Waals surface area contributed by atoms with E-state index in [9.17, 15) is 0 Å². The third-order valence-corrected chi connectivity index (χ3v) is 13.9. The van der Waals surface area contributed by atoms with Crippen molar-refractivity contribution in [3.8, 4) is 79.0 Å². The molecular weight excluding hydrogens is 877 g/mol. The van der Waals surface area contributed by atoms with E-state index in [0.29, 0.717) is 5.82 Å². The topological polar surface area (TPSA) is 61.4 Å². The Labute approximate surface area is 415 Å². The van der Waals surface area contributed by atoms with Crippen molar-refractivity contribution >= 4 is 54.5 Å². The zero-order valence-electron chi connectivity index (χ0n) is 38.9. The van der Waals surface area contributed by atoms with Crippen LogP contribution in [0.2, 0.25) is 0 Å². The Kier molecular flexibility index (Phi) is 9.74. The lowest BCUT2D eigenvalue weighted by Crippen LogP contribution is -2.00. The number of hydrogen-bond donors (Lipinski definition) is 0. The second kappa shape index (κ2) is 17.0. The van der Waals surface area contributed by atoms with Crippen LogP contribution in [0.5, 0.6) is 0 Å². The SMILES string of the molecule is c1ccc(-c2nc3ccccc3n2-c2ccc(-c3nc(-c4ccc(-n5c(-c6ccccc6)nc6ccccc65)cc4)c4cc(-c5ccc6ccccc6c5)cc(-c5ccc6ccccc6c5)c4n3)cc2)cc1. The second-order valence-corrected chi connectivity index (χ2v) is 18.3. The predicted molar refractivity (Wildman–Crippen MR) is 296 cm³/mol. The van der Waals surface area contributed by atoms with E-state index < -0.39 is 0 Å². The van der Waals surface area contributed by atoms with E-state index in [0.717, 1.165) is 106 Å². The molecule has 0 saturated carbocycles. The average Bonchev–Trinajstić information content (AvgIpc) is 4.05. The number of aromatic nitrogens is 6. The maximum absolute atomic E-state index is 5.58. The van der Waals surface area contributed by atoms with E-state index in [1.807, 2.05) is 24.3 Å². The highest BCUT2D eigenvalue weighted by atomic mass is 15.1. The van der Waals surface area contributed by atoms with Gasteiger partial charge in [-0.2, -0.15) is 0 Å². The lowest BCUT2D eigenvalue weighted by Gasteiger charge is -2.17. The normalized spacial score (nSPS) is 11.6. The Balaban J connectivity index is 0.988. The van der Waals surface area contributed by atoms with Crippen molar-refractivity contribution < 1.29 is 0 Å². The fourth-order valence-electron chi connectivity index (χ4n) is 10.4. The van der Waals surface area contributed by atoms with Crippen molar-refractivity contribution in [2.45, 2.75) is 0 Å². The summed E-state index contributed by atoms with van der Waals surface area (Å²) in [5, 5.41) is 5.72. The van der Waals surface area contributed by atoms with Gasteiger partial charge in [0.1, 0.15) is 11.6 Å². The molecule has 3 heterocycles. The smallest absolute Gasteiger partial charge is 0.160 e. The summed E-state index contributed by atoms with van der Waals surface area (Å²) in [6, 6.07) is 89.9. The number of imidazole rings is 2. The van der Waals surface area contributed by atoms with Crippen LogP contribution in [0, 0.1) is 0 Å². The van der Waals surface area contributed by atoms with Crippen LogP contribution >= 0.6 is 0 Å². The molecule has 0 aliphatic rings. The van der Waals surface area contributed by atoms with Crippen molar-refractivity contribution in [1.82, 2.24) is 29.1 Å². The van der Waals surface area contributed by atoms with Crippen LogP contribution in [-0.4, -0.2) is 29.1 Å². The highest BCUT2D eigenvalue weighted by Gasteiger charge is 2.21. The Bertz CT molecular complexity index is 4360. The van der Waals surface area contributed by atoms with Gasteiger partial charge in [-0.3, -0.25) is 9.13 Å². The van der Waals surface area contributed by atoms with Crippen LogP contribution in [0.1, 0.15) is 0 Å². The summed E-state index contributed by atoms with van der Waals surface area (Å²) in [7, 11) is 0.